The van der Waals surface area contributed by atoms with Crippen molar-refractivity contribution in [3.05, 3.63) is 121 Å². The molecule has 8 aromatic rings. The smallest absolute Gasteiger partial charge is 0.444 e. The molecule has 2 aromatic heterocycles. The maximum absolute atomic E-state index is 12.7. The molecule has 8 rings (SSSR count). The van der Waals surface area contributed by atoms with Gasteiger partial charge in [0.1, 0.15) is 43.2 Å². The Kier molecular flexibility index (Phi) is 18.4. The van der Waals surface area contributed by atoms with Crippen LogP contribution in [0.25, 0.3) is 27.5 Å². The van der Waals surface area contributed by atoms with Crippen molar-refractivity contribution in [1.29, 1.82) is 0 Å². The van der Waals surface area contributed by atoms with E-state index in [9.17, 15) is 63.8 Å². The highest BCUT2D eigenvalue weighted by Crippen LogP contribution is 2.46. The Bertz CT molecular complexity index is 4320. The van der Waals surface area contributed by atoms with Crippen molar-refractivity contribution in [2.45, 2.75) is 39.9 Å². The maximum Gasteiger partial charge on any atom is 0.444 e. The highest BCUT2D eigenvalue weighted by molar-refractivity contribution is 7.94. The van der Waals surface area contributed by atoms with Crippen molar-refractivity contribution < 1.29 is 83.0 Å². The Hall–Kier alpha value is -9.34. The number of hydrogen-bond donors (Lipinski definition) is 10. The van der Waals surface area contributed by atoms with E-state index >= 15 is 0 Å². The number of aromatic nitrogens is 4. The number of phenolic OH excluding ortho intramolecular Hbond substituents is 2. The van der Waals surface area contributed by atoms with Crippen LogP contribution in [0, 0.1) is 19.3 Å². The second-order valence-corrected chi connectivity index (χ2v) is 21.7. The second-order valence-electron chi connectivity index (χ2n) is 16.8. The van der Waals surface area contributed by atoms with Crippen LogP contribution in [0.3, 0.4) is 0 Å². The maximum atomic E-state index is 12.7. The minimum Gasteiger partial charge on any atom is -0.506 e. The average molecular weight is 1200 g/mol. The summed E-state index contributed by atoms with van der Waals surface area (Å²) in [7, 11) is -13.6. The zero-order chi connectivity index (χ0) is 59.8. The van der Waals surface area contributed by atoms with E-state index < -0.39 is 80.5 Å². The number of carbonyl (C=O) groups is 2. The number of carboxylic acids is 1. The molecular weight excluding hydrogens is 1160 g/mol. The van der Waals surface area contributed by atoms with Gasteiger partial charge in [0.15, 0.2) is 5.75 Å². The van der Waals surface area contributed by atoms with Crippen LogP contribution in [-0.4, -0.2) is 99.9 Å². The predicted octanol–water partition coefficient (Wildman–Crippen LogP) is 8.31. The first-order valence-electron chi connectivity index (χ1n) is 22.9. The fourth-order valence-corrected chi connectivity index (χ4v) is 10.3. The number of carboxylic acid groups (broad SMARTS) is 1. The van der Waals surface area contributed by atoms with Crippen LogP contribution in [-0.2, 0) is 44.5 Å². The number of carbonyl (C=O) groups excluding carboxylic acids is 1. The molecule has 6 aromatic carbocycles. The summed E-state index contributed by atoms with van der Waals surface area (Å²) < 4.78 is 111. The number of phenols is 2. The molecule has 0 aliphatic rings. The summed E-state index contributed by atoms with van der Waals surface area (Å²) in [4.78, 5) is 36.5. The summed E-state index contributed by atoms with van der Waals surface area (Å²) in [5, 5.41) is 66.0. The quantitative estimate of drug-likeness (QED) is 0.00652. The Morgan fingerprint density at radius 3 is 2.13 bits per heavy atom. The molecular formula is C49H43N12O17S4+. The molecule has 11 N–H and O–H groups in total. The number of nitrogens with two attached hydrogens (primary N) is 1. The van der Waals surface area contributed by atoms with Crippen LogP contribution >= 0.6 is 12.0 Å². The monoisotopic (exact) mass is 1200 g/mol. The first-order valence-corrected chi connectivity index (χ1v) is 27.9. The number of azo groups is 2. The van der Waals surface area contributed by atoms with Crippen molar-refractivity contribution in [2.75, 3.05) is 29.1 Å². The van der Waals surface area contributed by atoms with E-state index in [1.165, 1.54) is 77.4 Å². The van der Waals surface area contributed by atoms with Gasteiger partial charge in [0, 0.05) is 35.4 Å². The van der Waals surface area contributed by atoms with E-state index in [1.54, 1.807) is 19.9 Å². The summed E-state index contributed by atoms with van der Waals surface area (Å²) in [5.74, 6) is -1.23. The summed E-state index contributed by atoms with van der Waals surface area (Å²) in [6.07, 6.45) is 6.92. The molecule has 0 saturated heterocycles. The largest absolute Gasteiger partial charge is 0.506 e. The Morgan fingerprint density at radius 1 is 0.793 bits per heavy atom. The SMILES string of the molecule is C#CC.Cc1ccc(N=Nc2cc(S(=O)(=O)O)c(NCCC(=O)O)cc2Nc2nc(N(C)c3ccc4c(O)c(N=Nc5ccc6c(S(=O)(=O)O)cccc6c5S(=O)(=O)O)c(SOOO)cc4c3)nc(-[n+]3cccc(C(N)=O)c3)n2)c(O)c1. The number of aryl methyl sites for hydroxylation is 1. The zero-order valence-electron chi connectivity index (χ0n) is 42.3. The molecule has 424 valence electrons. The number of benzene rings is 6. The van der Waals surface area contributed by atoms with Gasteiger partial charge >= 0.3 is 23.8 Å². The van der Waals surface area contributed by atoms with Gasteiger partial charge in [-0.25, -0.2) is 9.82 Å². The van der Waals surface area contributed by atoms with Gasteiger partial charge in [0.2, 0.25) is 0 Å². The van der Waals surface area contributed by atoms with Crippen LogP contribution in [0.4, 0.5) is 51.7 Å². The van der Waals surface area contributed by atoms with E-state index in [0.29, 0.717) is 23.3 Å². The molecule has 0 radical (unpaired) electrons. The molecule has 1 amide bonds. The topological polar surface area (TPSA) is 442 Å². The number of rotatable bonds is 20. The summed E-state index contributed by atoms with van der Waals surface area (Å²) in [5.41, 5.74) is 4.97. The minimum atomic E-state index is -5.19. The number of fused-ring (bicyclic) bond motifs is 2. The van der Waals surface area contributed by atoms with Gasteiger partial charge < -0.3 is 31.7 Å². The summed E-state index contributed by atoms with van der Waals surface area (Å²) >= 11 is 0.314. The van der Waals surface area contributed by atoms with Gasteiger partial charge in [-0.3, -0.25) is 28.1 Å². The van der Waals surface area contributed by atoms with Crippen molar-refractivity contribution in [3.8, 4) is 29.8 Å². The van der Waals surface area contributed by atoms with E-state index in [4.69, 9.17) is 11.0 Å². The number of aromatic hydroxyl groups is 2. The first kappa shape index (κ1) is 60.3. The van der Waals surface area contributed by atoms with E-state index in [-0.39, 0.29) is 84.9 Å². The highest BCUT2D eigenvalue weighted by atomic mass is 32.2. The lowest BCUT2D eigenvalue weighted by Gasteiger charge is -2.17. The molecule has 2 heterocycles. The third kappa shape index (κ3) is 14.2. The number of terminal acetylenes is 1. The fraction of sp³-hybridized carbons (Fsp3) is 0.102. The molecule has 0 aliphatic heterocycles. The van der Waals surface area contributed by atoms with Gasteiger partial charge in [-0.1, -0.05) is 29.3 Å². The third-order valence-electron chi connectivity index (χ3n) is 11.2. The van der Waals surface area contributed by atoms with Gasteiger partial charge in [0.05, 0.1) is 52.7 Å². The Morgan fingerprint density at radius 2 is 1.48 bits per heavy atom. The Labute approximate surface area is 468 Å². The van der Waals surface area contributed by atoms with Crippen LogP contribution in [0.1, 0.15) is 29.3 Å². The van der Waals surface area contributed by atoms with Gasteiger partial charge in [-0.15, -0.1) is 42.1 Å². The third-order valence-corrected chi connectivity index (χ3v) is 14.6. The second kappa shape index (κ2) is 25.0. The van der Waals surface area contributed by atoms with E-state index in [0.717, 1.165) is 42.5 Å². The molecule has 0 atom stereocenters. The number of hydrogen-bond acceptors (Lipinski definition) is 24. The molecule has 0 aliphatic carbocycles. The average Bonchev–Trinajstić information content (AvgIpc) is 2.34. The number of nitrogens with one attached hydrogen (secondary N) is 2. The lowest BCUT2D eigenvalue weighted by atomic mass is 10.1. The Balaban J connectivity index is 0.00000316. The van der Waals surface area contributed by atoms with Crippen LogP contribution in [0.2, 0.25) is 0 Å². The fourth-order valence-electron chi connectivity index (χ4n) is 7.62. The molecule has 82 heavy (non-hydrogen) atoms. The molecule has 0 fully saturated rings. The molecule has 0 bridgehead atoms. The number of nitrogens with zero attached hydrogens (tertiary/aromatic N) is 9. The van der Waals surface area contributed by atoms with E-state index in [1.807, 2.05) is 0 Å². The lowest BCUT2D eigenvalue weighted by molar-refractivity contribution is -0.603. The molecule has 33 heteroatoms. The van der Waals surface area contributed by atoms with Crippen molar-refractivity contribution in [1.82, 2.24) is 15.0 Å². The lowest BCUT2D eigenvalue weighted by Crippen LogP contribution is -2.35. The summed E-state index contributed by atoms with van der Waals surface area (Å²) in [6, 6.07) is 20.6. The van der Waals surface area contributed by atoms with Crippen molar-refractivity contribution in [2.24, 2.45) is 26.2 Å². The first-order chi connectivity index (χ1) is 38.7. The van der Waals surface area contributed by atoms with Crippen LogP contribution in [0.5, 0.6) is 11.5 Å². The van der Waals surface area contributed by atoms with E-state index in [2.05, 4.69) is 67.8 Å². The summed E-state index contributed by atoms with van der Waals surface area (Å²) in [6.45, 7) is 3.06. The normalized spacial score (nSPS) is 11.8. The van der Waals surface area contributed by atoms with Gasteiger partial charge in [0.25, 0.3) is 36.3 Å². The van der Waals surface area contributed by atoms with Gasteiger partial charge in [-0.2, -0.15) is 25.3 Å². The minimum absolute atomic E-state index is 0.0357. The predicted molar refractivity (Wildman–Crippen MR) is 294 cm³/mol. The number of pyridine rings is 1. The molecule has 29 nitrogen and oxygen atoms in total. The highest BCUT2D eigenvalue weighted by Gasteiger charge is 2.28. The number of aliphatic carboxylic acids is 1. The number of primary amides is 1. The molecule has 0 saturated carbocycles. The molecule has 0 spiro atoms. The molecule has 0 unspecified atom stereocenters. The number of amides is 1. The van der Waals surface area contributed by atoms with Crippen LogP contribution < -0.4 is 25.8 Å². The number of anilines is 5. The standard InChI is InChI=1S/C46H38N12O17S4.C3H4/c1-23-8-12-30(35(59)17-23)53-55-33-21-38(78(68,69)70)34(48-15-14-39(60)61)20-32(33)49-44-50-45(52-46(51-44)58-16-4-5-24(22-58)43(47)63)57(2)26-9-10-27-25(18-26)19-36(76-75-74-64)40(41(27)62)56-54-31-13-11-28-29(42(31)79(71,72)73)6-3-7-37(28)77(65,66)67;1-3-2/h3-13,16-22H,14-15H2,1-2H3,(H10-,47,48,49,50,51,52,53,54,55,56,59,60,61,62,63,64,65,66,67,68,69,70,71,72,73);1H,2H3/p+1. The van der Waals surface area contributed by atoms with Crippen molar-refractivity contribution in [3.63, 3.8) is 0 Å². The van der Waals surface area contributed by atoms with Crippen molar-refractivity contribution >= 4 is 128 Å². The van der Waals surface area contributed by atoms with Gasteiger partial charge in [-0.05, 0) is 108 Å². The van der Waals surface area contributed by atoms with Crippen LogP contribution in [0.15, 0.2) is 149 Å². The zero-order valence-corrected chi connectivity index (χ0v) is 45.6.